The molecule has 43 heavy (non-hydrogen) atoms. The van der Waals surface area contributed by atoms with E-state index in [0.29, 0.717) is 56.3 Å². The number of methoxy groups -OCH3 is 1. The summed E-state index contributed by atoms with van der Waals surface area (Å²) >= 11 is 19.0. The number of anilines is 5. The van der Waals surface area contributed by atoms with Crippen LogP contribution in [-0.2, 0) is 11.0 Å². The Bertz CT molecular complexity index is 1610. The molecule has 0 radical (unpaired) electrons. The SMILES string of the molecule is CCc1cc(Nc2ncc(Cl)c(Nc3cc(Cl)c(Cl)cc3P(C)(C)=O)n2)c(OC)cc1N1CC2(CCC(CC#N)CC2)C1. The number of benzene rings is 2. The number of rotatable bonds is 9. The number of nitriles is 1. The van der Waals surface area contributed by atoms with Crippen molar-refractivity contribution in [2.24, 2.45) is 11.3 Å². The zero-order valence-electron chi connectivity index (χ0n) is 24.8. The monoisotopic (exact) mass is 660 g/mol. The van der Waals surface area contributed by atoms with Gasteiger partial charge < -0.3 is 24.8 Å². The Hall–Kier alpha value is -2.69. The lowest BCUT2D eigenvalue weighted by Crippen LogP contribution is -2.58. The summed E-state index contributed by atoms with van der Waals surface area (Å²) in [7, 11) is -1.06. The highest BCUT2D eigenvalue weighted by Crippen LogP contribution is 2.49. The molecule has 0 unspecified atom stereocenters. The van der Waals surface area contributed by atoms with Gasteiger partial charge in [-0.3, -0.25) is 0 Å². The molecule has 1 aliphatic carbocycles. The molecule has 228 valence electrons. The second kappa shape index (κ2) is 12.7. The summed E-state index contributed by atoms with van der Waals surface area (Å²) in [5.74, 6) is 1.88. The Balaban J connectivity index is 1.37. The van der Waals surface area contributed by atoms with Crippen LogP contribution < -0.4 is 25.6 Å². The van der Waals surface area contributed by atoms with E-state index in [0.717, 1.165) is 38.0 Å². The molecule has 3 aromatic rings. The Morgan fingerprint density at radius 2 is 1.77 bits per heavy atom. The van der Waals surface area contributed by atoms with Crippen molar-refractivity contribution in [3.8, 4) is 11.8 Å². The van der Waals surface area contributed by atoms with E-state index in [1.807, 2.05) is 0 Å². The van der Waals surface area contributed by atoms with Crippen LogP contribution in [0.1, 0.15) is 44.6 Å². The number of ether oxygens (including phenoxy) is 1. The smallest absolute Gasteiger partial charge is 0.229 e. The van der Waals surface area contributed by atoms with Crippen LogP contribution in [0.2, 0.25) is 15.1 Å². The Morgan fingerprint density at radius 3 is 2.40 bits per heavy atom. The van der Waals surface area contributed by atoms with Gasteiger partial charge in [-0.25, -0.2) is 4.98 Å². The molecule has 2 N–H and O–H groups in total. The van der Waals surface area contributed by atoms with Gasteiger partial charge in [0, 0.05) is 42.0 Å². The molecule has 2 fully saturated rings. The minimum atomic E-state index is -2.71. The van der Waals surface area contributed by atoms with E-state index < -0.39 is 7.14 Å². The first-order chi connectivity index (χ1) is 20.4. The minimum Gasteiger partial charge on any atom is -0.494 e. The number of hydrogen-bond acceptors (Lipinski definition) is 8. The summed E-state index contributed by atoms with van der Waals surface area (Å²) in [6.45, 7) is 7.53. The maximum absolute atomic E-state index is 13.0. The van der Waals surface area contributed by atoms with E-state index in [2.05, 4.69) is 50.6 Å². The summed E-state index contributed by atoms with van der Waals surface area (Å²) < 4.78 is 18.8. The summed E-state index contributed by atoms with van der Waals surface area (Å²) in [6, 6.07) is 9.76. The molecule has 0 bridgehead atoms. The van der Waals surface area contributed by atoms with Gasteiger partial charge in [0.25, 0.3) is 0 Å². The maximum atomic E-state index is 13.0. The van der Waals surface area contributed by atoms with E-state index in [9.17, 15) is 4.57 Å². The molecule has 0 amide bonds. The normalized spacial score (nSPS) is 16.5. The van der Waals surface area contributed by atoms with Crippen molar-refractivity contribution in [1.82, 2.24) is 9.97 Å². The average molecular weight is 662 g/mol. The van der Waals surface area contributed by atoms with E-state index in [4.69, 9.17) is 44.8 Å². The van der Waals surface area contributed by atoms with Crippen LogP contribution in [0.25, 0.3) is 0 Å². The molecule has 1 aliphatic heterocycles. The highest BCUT2D eigenvalue weighted by molar-refractivity contribution is 7.70. The van der Waals surface area contributed by atoms with Gasteiger partial charge in [-0.05, 0) is 75.1 Å². The van der Waals surface area contributed by atoms with Crippen LogP contribution in [0.4, 0.5) is 28.8 Å². The first kappa shape index (κ1) is 31.7. The molecule has 0 atom stereocenters. The predicted octanol–water partition coefficient (Wildman–Crippen LogP) is 8.65. The molecule has 2 heterocycles. The fourth-order valence-corrected chi connectivity index (χ4v) is 7.86. The van der Waals surface area contributed by atoms with Crippen molar-refractivity contribution < 1.29 is 9.30 Å². The van der Waals surface area contributed by atoms with E-state index >= 15 is 0 Å². The van der Waals surface area contributed by atoms with Gasteiger partial charge in [-0.15, -0.1) is 0 Å². The zero-order valence-corrected chi connectivity index (χ0v) is 28.0. The maximum Gasteiger partial charge on any atom is 0.229 e. The van der Waals surface area contributed by atoms with Gasteiger partial charge in [-0.2, -0.15) is 10.2 Å². The van der Waals surface area contributed by atoms with E-state index in [1.54, 1.807) is 32.6 Å². The average Bonchev–Trinajstić information content (AvgIpc) is 2.95. The quantitative estimate of drug-likeness (QED) is 0.220. The number of aryl methyl sites for hydroxylation is 1. The van der Waals surface area contributed by atoms with Crippen molar-refractivity contribution >= 4 is 76.1 Å². The highest BCUT2D eigenvalue weighted by Gasteiger charge is 2.45. The molecule has 1 saturated carbocycles. The summed E-state index contributed by atoms with van der Waals surface area (Å²) in [5.41, 5.74) is 4.00. The summed E-state index contributed by atoms with van der Waals surface area (Å²) in [6.07, 6.45) is 7.71. The fraction of sp³-hybridized carbons (Fsp3) is 0.452. The first-order valence-corrected chi connectivity index (χ1v) is 18.1. The van der Waals surface area contributed by atoms with Crippen LogP contribution >= 0.6 is 41.9 Å². The molecular weight excluding hydrogens is 626 g/mol. The van der Waals surface area contributed by atoms with E-state index in [1.165, 1.54) is 30.3 Å². The number of nitrogens with one attached hydrogen (secondary N) is 2. The Kier molecular flexibility index (Phi) is 9.40. The predicted molar refractivity (Wildman–Crippen MR) is 178 cm³/mol. The van der Waals surface area contributed by atoms with Gasteiger partial charge in [0.1, 0.15) is 17.9 Å². The van der Waals surface area contributed by atoms with Crippen molar-refractivity contribution in [2.75, 3.05) is 49.1 Å². The molecular formula is C31H36Cl3N6O2P. The molecule has 5 rings (SSSR count). The number of nitrogens with zero attached hydrogens (tertiary/aromatic N) is 4. The van der Waals surface area contributed by atoms with Gasteiger partial charge in [-0.1, -0.05) is 41.7 Å². The van der Waals surface area contributed by atoms with Crippen molar-refractivity contribution in [3.63, 3.8) is 0 Å². The van der Waals surface area contributed by atoms with Gasteiger partial charge >= 0.3 is 0 Å². The van der Waals surface area contributed by atoms with Crippen molar-refractivity contribution in [2.45, 2.75) is 45.4 Å². The van der Waals surface area contributed by atoms with Crippen molar-refractivity contribution in [1.29, 1.82) is 5.26 Å². The first-order valence-electron chi connectivity index (χ1n) is 14.4. The number of aromatic nitrogens is 2. The van der Waals surface area contributed by atoms with Crippen LogP contribution in [0.5, 0.6) is 5.75 Å². The van der Waals surface area contributed by atoms with Crippen molar-refractivity contribution in [3.05, 3.63) is 51.1 Å². The molecule has 1 aromatic heterocycles. The van der Waals surface area contributed by atoms with Crippen LogP contribution in [-0.4, -0.2) is 43.5 Å². The lowest BCUT2D eigenvalue weighted by atomic mass is 9.65. The second-order valence-corrected chi connectivity index (χ2v) is 16.4. The van der Waals surface area contributed by atoms with Gasteiger partial charge in [0.15, 0.2) is 5.82 Å². The number of hydrogen-bond donors (Lipinski definition) is 2. The third-order valence-corrected chi connectivity index (χ3v) is 11.1. The largest absolute Gasteiger partial charge is 0.494 e. The molecule has 12 heteroatoms. The Morgan fingerprint density at radius 1 is 1.07 bits per heavy atom. The third kappa shape index (κ3) is 6.86. The third-order valence-electron chi connectivity index (χ3n) is 8.58. The summed E-state index contributed by atoms with van der Waals surface area (Å²) in [4.78, 5) is 11.5. The fourth-order valence-electron chi connectivity index (χ4n) is 6.18. The van der Waals surface area contributed by atoms with Gasteiger partial charge in [0.05, 0.1) is 40.8 Å². The van der Waals surface area contributed by atoms with E-state index in [-0.39, 0.29) is 5.02 Å². The van der Waals surface area contributed by atoms with Gasteiger partial charge in [0.2, 0.25) is 5.95 Å². The minimum absolute atomic E-state index is 0.287. The molecule has 1 saturated heterocycles. The molecule has 1 spiro atoms. The lowest BCUT2D eigenvalue weighted by Gasteiger charge is -2.55. The topological polar surface area (TPSA) is 103 Å². The molecule has 8 nitrogen and oxygen atoms in total. The van der Waals surface area contributed by atoms with Crippen LogP contribution in [0, 0.1) is 22.7 Å². The number of halogens is 3. The highest BCUT2D eigenvalue weighted by atomic mass is 35.5. The summed E-state index contributed by atoms with van der Waals surface area (Å²) in [5, 5.41) is 17.0. The van der Waals surface area contributed by atoms with Crippen LogP contribution in [0.15, 0.2) is 30.5 Å². The Labute approximate surface area is 268 Å². The molecule has 2 aliphatic rings. The standard InChI is InChI=1S/C31H36Cl3N6O2P/c1-5-20-12-24(27(42-2)15-26(20)40-17-31(18-40)9-6-19(7-10-31)8-11-35)38-30-36-16-23(34)29(39-30)37-25-13-21(32)22(33)14-28(25)43(3,4)41/h12-16,19H,5-10,17-18H2,1-4H3,(H2,36,37,38,39). The van der Waals surface area contributed by atoms with Crippen LogP contribution in [0.3, 0.4) is 0 Å². The lowest BCUT2D eigenvalue weighted by molar-refractivity contribution is 0.110. The molecule has 2 aromatic carbocycles. The second-order valence-electron chi connectivity index (χ2n) is 12.0. The zero-order chi connectivity index (χ0) is 30.9.